The number of amides is 2. The molecule has 0 heterocycles. The van der Waals surface area contributed by atoms with Crippen LogP contribution in [0.25, 0.3) is 0 Å². The van der Waals surface area contributed by atoms with Crippen LogP contribution in [0.15, 0.2) is 0 Å². The van der Waals surface area contributed by atoms with Crippen LogP contribution < -0.4 is 11.1 Å². The molecule has 0 aliphatic heterocycles. The molecular formula is C7H13N2O3. The average Bonchev–Trinajstić information content (AvgIpc) is 1.98. The summed E-state index contributed by atoms with van der Waals surface area (Å²) in [5.41, 5.74) is 6.56. The molecular weight excluding hydrogens is 160 g/mol. The first-order valence-electron chi connectivity index (χ1n) is 3.82. The zero-order chi connectivity index (χ0) is 9.40. The number of ether oxygens (including phenoxy) is 1. The zero-order valence-corrected chi connectivity index (χ0v) is 7.05. The van der Waals surface area contributed by atoms with Crippen LogP contribution in [-0.4, -0.2) is 25.2 Å². The van der Waals surface area contributed by atoms with E-state index in [1.807, 2.05) is 0 Å². The Morgan fingerprint density at radius 3 is 2.67 bits per heavy atom. The van der Waals surface area contributed by atoms with Gasteiger partial charge in [-0.05, 0) is 13.3 Å². The second-order valence-corrected chi connectivity index (χ2v) is 2.17. The lowest BCUT2D eigenvalue weighted by atomic mass is 10.3. The number of rotatable bonds is 5. The van der Waals surface area contributed by atoms with E-state index in [2.05, 4.69) is 10.1 Å². The molecule has 12 heavy (non-hydrogen) atoms. The number of carbonyl (C=O) groups excluding carboxylic acids is 2. The molecule has 0 unspecified atom stereocenters. The highest BCUT2D eigenvalue weighted by atomic mass is 16.5. The first-order chi connectivity index (χ1) is 5.66. The van der Waals surface area contributed by atoms with Gasteiger partial charge in [-0.1, -0.05) is 0 Å². The van der Waals surface area contributed by atoms with Crippen LogP contribution in [-0.2, 0) is 9.53 Å². The minimum atomic E-state index is -0.611. The van der Waals surface area contributed by atoms with E-state index in [1.165, 1.54) is 0 Å². The maximum atomic E-state index is 10.6. The third-order valence-corrected chi connectivity index (χ3v) is 1.13. The molecule has 0 aliphatic carbocycles. The average molecular weight is 173 g/mol. The summed E-state index contributed by atoms with van der Waals surface area (Å²) in [6, 6.07) is 0. The van der Waals surface area contributed by atoms with Gasteiger partial charge in [0.1, 0.15) is 0 Å². The van der Waals surface area contributed by atoms with Crippen molar-refractivity contribution in [1.82, 2.24) is 11.1 Å². The topological polar surface area (TPSA) is 79.2 Å². The molecule has 0 bridgehead atoms. The Balaban J connectivity index is 3.19. The van der Waals surface area contributed by atoms with Crippen molar-refractivity contribution in [1.29, 1.82) is 0 Å². The lowest BCUT2D eigenvalue weighted by Crippen LogP contribution is -2.25. The van der Waals surface area contributed by atoms with E-state index in [4.69, 9.17) is 5.73 Å². The molecule has 2 N–H and O–H groups in total. The minimum Gasteiger partial charge on any atom is -0.450 e. The number of hydrogen-bond donors (Lipinski definition) is 1. The Bertz CT molecular complexity index is 159. The molecule has 0 saturated carbocycles. The van der Waals surface area contributed by atoms with Gasteiger partial charge in [-0.3, -0.25) is 10.5 Å². The molecule has 0 aromatic rings. The summed E-state index contributed by atoms with van der Waals surface area (Å²) in [6.07, 6.45) is 0.183. The van der Waals surface area contributed by atoms with Gasteiger partial charge in [0.25, 0.3) is 0 Å². The van der Waals surface area contributed by atoms with Crippen molar-refractivity contribution < 1.29 is 14.3 Å². The zero-order valence-electron chi connectivity index (χ0n) is 7.05. The van der Waals surface area contributed by atoms with Gasteiger partial charge < -0.3 is 10.1 Å². The highest BCUT2D eigenvalue weighted by Crippen LogP contribution is 1.86. The van der Waals surface area contributed by atoms with Crippen LogP contribution in [0.5, 0.6) is 0 Å². The predicted octanol–water partition coefficient (Wildman–Crippen LogP) is 0.322. The normalized spacial score (nSPS) is 9.08. The third-order valence-electron chi connectivity index (χ3n) is 1.13. The van der Waals surface area contributed by atoms with Crippen LogP contribution in [0.2, 0.25) is 0 Å². The maximum absolute atomic E-state index is 10.6. The summed E-state index contributed by atoms with van der Waals surface area (Å²) >= 11 is 0. The number of carbonyl (C=O) groups is 2. The van der Waals surface area contributed by atoms with Crippen molar-refractivity contribution in [2.45, 2.75) is 19.8 Å². The van der Waals surface area contributed by atoms with Gasteiger partial charge in [0.2, 0.25) is 5.91 Å². The summed E-state index contributed by atoms with van der Waals surface area (Å²) in [7, 11) is 0. The summed E-state index contributed by atoms with van der Waals surface area (Å²) < 4.78 is 4.57. The molecule has 0 saturated heterocycles. The molecule has 2 amide bonds. The van der Waals surface area contributed by atoms with E-state index in [0.717, 1.165) is 0 Å². The molecule has 0 atom stereocenters. The van der Waals surface area contributed by atoms with E-state index in [9.17, 15) is 9.59 Å². The van der Waals surface area contributed by atoms with Gasteiger partial charge in [-0.2, -0.15) is 0 Å². The lowest BCUT2D eigenvalue weighted by molar-refractivity contribution is -0.118. The number of nitrogens with one attached hydrogen (secondary N) is 2. The van der Waals surface area contributed by atoms with E-state index >= 15 is 0 Å². The molecule has 5 nitrogen and oxygen atoms in total. The van der Waals surface area contributed by atoms with Crippen LogP contribution in [0.1, 0.15) is 19.8 Å². The summed E-state index contributed by atoms with van der Waals surface area (Å²) in [5, 5.41) is 2.44. The van der Waals surface area contributed by atoms with Crippen molar-refractivity contribution in [3.8, 4) is 0 Å². The van der Waals surface area contributed by atoms with E-state index < -0.39 is 12.0 Å². The Morgan fingerprint density at radius 1 is 1.50 bits per heavy atom. The van der Waals surface area contributed by atoms with Crippen LogP contribution in [0.4, 0.5) is 4.79 Å². The molecule has 0 aliphatic rings. The standard InChI is InChI=1S/C7H13N2O3/c1-2-12-7(11)9-5-3-4-6(8)10/h8H,2-5H2,1H3,(H,9,11). The van der Waals surface area contributed by atoms with Crippen molar-refractivity contribution in [3.63, 3.8) is 0 Å². The second kappa shape index (κ2) is 6.45. The smallest absolute Gasteiger partial charge is 0.407 e. The fourth-order valence-electron chi connectivity index (χ4n) is 0.622. The van der Waals surface area contributed by atoms with Gasteiger partial charge in [0.05, 0.1) is 6.61 Å². The van der Waals surface area contributed by atoms with Crippen molar-refractivity contribution in [3.05, 3.63) is 0 Å². The van der Waals surface area contributed by atoms with Crippen LogP contribution in [0.3, 0.4) is 0 Å². The minimum absolute atomic E-state index is 0.173. The van der Waals surface area contributed by atoms with E-state index in [-0.39, 0.29) is 6.42 Å². The molecule has 1 radical (unpaired) electrons. The van der Waals surface area contributed by atoms with E-state index in [0.29, 0.717) is 19.6 Å². The van der Waals surface area contributed by atoms with E-state index in [1.54, 1.807) is 6.92 Å². The quantitative estimate of drug-likeness (QED) is 0.608. The molecule has 69 valence electrons. The largest absolute Gasteiger partial charge is 0.450 e. The summed E-state index contributed by atoms with van der Waals surface area (Å²) in [4.78, 5) is 20.8. The molecule has 0 rings (SSSR count). The molecule has 0 fully saturated rings. The Hall–Kier alpha value is -1.26. The predicted molar refractivity (Wildman–Crippen MR) is 42.4 cm³/mol. The highest BCUT2D eigenvalue weighted by Gasteiger charge is 1.99. The first-order valence-corrected chi connectivity index (χ1v) is 3.82. The Labute approximate surface area is 71.3 Å². The fraction of sp³-hybridized carbons (Fsp3) is 0.714. The Kier molecular flexibility index (Phi) is 5.77. The fourth-order valence-corrected chi connectivity index (χ4v) is 0.622. The second-order valence-electron chi connectivity index (χ2n) is 2.17. The van der Waals surface area contributed by atoms with Crippen molar-refractivity contribution in [2.24, 2.45) is 0 Å². The third kappa shape index (κ3) is 6.85. The number of hydrogen-bond acceptors (Lipinski definition) is 3. The van der Waals surface area contributed by atoms with Gasteiger partial charge in [-0.15, -0.1) is 0 Å². The summed E-state index contributed by atoms with van der Waals surface area (Å²) in [5.74, 6) is -0.611. The van der Waals surface area contributed by atoms with Crippen molar-refractivity contribution >= 4 is 12.0 Å². The van der Waals surface area contributed by atoms with Crippen LogP contribution >= 0.6 is 0 Å². The number of alkyl carbamates (subject to hydrolysis) is 1. The Morgan fingerprint density at radius 2 is 2.17 bits per heavy atom. The van der Waals surface area contributed by atoms with Gasteiger partial charge in [-0.25, -0.2) is 4.79 Å². The monoisotopic (exact) mass is 173 g/mol. The summed E-state index contributed by atoms with van der Waals surface area (Å²) in [6.45, 7) is 2.43. The van der Waals surface area contributed by atoms with Crippen LogP contribution in [0, 0.1) is 0 Å². The molecule has 0 aromatic carbocycles. The first kappa shape index (κ1) is 10.7. The maximum Gasteiger partial charge on any atom is 0.407 e. The van der Waals surface area contributed by atoms with Gasteiger partial charge in [0.15, 0.2) is 0 Å². The molecule has 0 spiro atoms. The van der Waals surface area contributed by atoms with Gasteiger partial charge in [0, 0.05) is 13.0 Å². The molecule has 5 heteroatoms. The van der Waals surface area contributed by atoms with Gasteiger partial charge >= 0.3 is 6.09 Å². The lowest BCUT2D eigenvalue weighted by Gasteiger charge is -2.02. The van der Waals surface area contributed by atoms with Crippen molar-refractivity contribution in [2.75, 3.05) is 13.2 Å². The molecule has 0 aromatic heterocycles. The highest BCUT2D eigenvalue weighted by molar-refractivity contribution is 5.73. The SMILES string of the molecule is CCOC(=O)NCCCC([NH])=O.